The molecule has 1 aliphatic heterocycles. The summed E-state index contributed by atoms with van der Waals surface area (Å²) in [6, 6.07) is 13.3. The summed E-state index contributed by atoms with van der Waals surface area (Å²) in [4.78, 5) is 14.1. The van der Waals surface area contributed by atoms with Gasteiger partial charge in [0.1, 0.15) is 6.04 Å². The van der Waals surface area contributed by atoms with Crippen LogP contribution in [0.2, 0.25) is 0 Å². The van der Waals surface area contributed by atoms with Crippen molar-refractivity contribution >= 4 is 49.3 Å². The van der Waals surface area contributed by atoms with Gasteiger partial charge in [-0.25, -0.2) is 8.42 Å². The first kappa shape index (κ1) is 20.4. The Morgan fingerprint density at radius 2 is 1.78 bits per heavy atom. The largest absolute Gasteiger partial charge is 0.325 e. The van der Waals surface area contributed by atoms with Crippen LogP contribution in [0, 0.1) is 0 Å². The van der Waals surface area contributed by atoms with Gasteiger partial charge in [-0.15, -0.1) is 11.8 Å². The van der Waals surface area contributed by atoms with Crippen molar-refractivity contribution in [1.29, 1.82) is 0 Å². The van der Waals surface area contributed by atoms with Crippen LogP contribution in [-0.4, -0.2) is 37.5 Å². The van der Waals surface area contributed by atoms with Crippen LogP contribution in [0.4, 0.5) is 5.69 Å². The minimum Gasteiger partial charge on any atom is -0.325 e. The number of thioether (sulfide) groups is 1. The fourth-order valence-corrected chi connectivity index (χ4v) is 5.43. The average molecular weight is 469 g/mol. The zero-order valence-electron chi connectivity index (χ0n) is 14.9. The minimum absolute atomic E-state index is 0.203. The maximum Gasteiger partial charge on any atom is 0.243 e. The van der Waals surface area contributed by atoms with Crippen molar-refractivity contribution < 1.29 is 13.2 Å². The zero-order valence-corrected chi connectivity index (χ0v) is 18.1. The van der Waals surface area contributed by atoms with Gasteiger partial charge in [-0.05, 0) is 67.6 Å². The Labute approximate surface area is 172 Å². The number of nitrogens with one attached hydrogen (secondary N) is 1. The molecule has 0 spiro atoms. The molecule has 2 aromatic carbocycles. The first-order chi connectivity index (χ1) is 12.9. The first-order valence-corrected chi connectivity index (χ1v) is 12.1. The van der Waals surface area contributed by atoms with E-state index >= 15 is 0 Å². The number of carbonyl (C=O) groups is 1. The predicted molar refractivity (Wildman–Crippen MR) is 113 cm³/mol. The number of nitrogens with zero attached hydrogens (tertiary/aromatic N) is 1. The van der Waals surface area contributed by atoms with Crippen LogP contribution in [0.5, 0.6) is 0 Å². The van der Waals surface area contributed by atoms with Crippen molar-refractivity contribution in [3.05, 3.63) is 53.0 Å². The summed E-state index contributed by atoms with van der Waals surface area (Å²) in [6.07, 6.45) is 4.09. The quantitative estimate of drug-likeness (QED) is 0.662. The monoisotopic (exact) mass is 468 g/mol. The van der Waals surface area contributed by atoms with Gasteiger partial charge >= 0.3 is 0 Å². The van der Waals surface area contributed by atoms with Crippen LogP contribution < -0.4 is 5.32 Å². The maximum atomic E-state index is 13.1. The van der Waals surface area contributed by atoms with E-state index in [9.17, 15) is 13.2 Å². The molecule has 1 amide bonds. The summed E-state index contributed by atoms with van der Waals surface area (Å²) >= 11 is 4.94. The Morgan fingerprint density at radius 1 is 1.11 bits per heavy atom. The van der Waals surface area contributed by atoms with Crippen LogP contribution in [-0.2, 0) is 14.8 Å². The molecule has 1 fully saturated rings. The molecule has 0 saturated carbocycles. The van der Waals surface area contributed by atoms with E-state index in [-0.39, 0.29) is 10.8 Å². The summed E-state index contributed by atoms with van der Waals surface area (Å²) in [6.45, 7) is 0.349. The van der Waals surface area contributed by atoms with Crippen LogP contribution in [0.1, 0.15) is 19.3 Å². The van der Waals surface area contributed by atoms with E-state index in [0.29, 0.717) is 18.7 Å². The standard InChI is InChI=1S/C19H21BrN2O3S2/c1-26-16-9-7-15(8-10-16)21-19(23)18-4-2-3-13-22(18)27(24,25)17-11-5-14(20)6-12-17/h5-12,18H,2-4,13H2,1H3,(H,21,23). The number of hydrogen-bond donors (Lipinski definition) is 1. The smallest absolute Gasteiger partial charge is 0.243 e. The second kappa shape index (κ2) is 8.77. The number of carbonyl (C=O) groups excluding carboxylic acids is 1. The van der Waals surface area contributed by atoms with E-state index in [2.05, 4.69) is 21.2 Å². The number of anilines is 1. The van der Waals surface area contributed by atoms with Crippen molar-refractivity contribution in [3.63, 3.8) is 0 Å². The third kappa shape index (κ3) is 4.74. The fourth-order valence-electron chi connectivity index (χ4n) is 3.10. The van der Waals surface area contributed by atoms with E-state index in [1.54, 1.807) is 36.0 Å². The first-order valence-electron chi connectivity index (χ1n) is 8.64. The molecule has 0 aromatic heterocycles. The Kier molecular flexibility index (Phi) is 6.62. The lowest BCUT2D eigenvalue weighted by Gasteiger charge is -2.33. The highest BCUT2D eigenvalue weighted by Gasteiger charge is 2.37. The molecule has 1 unspecified atom stereocenters. The zero-order chi connectivity index (χ0) is 19.4. The van der Waals surface area contributed by atoms with Gasteiger partial charge in [-0.3, -0.25) is 4.79 Å². The Morgan fingerprint density at radius 3 is 2.41 bits per heavy atom. The number of halogens is 1. The number of piperidine rings is 1. The van der Waals surface area contributed by atoms with Gasteiger partial charge in [0, 0.05) is 21.6 Å². The Hall–Kier alpha value is -1.35. The van der Waals surface area contributed by atoms with Crippen molar-refractivity contribution in [2.75, 3.05) is 18.1 Å². The Bertz CT molecular complexity index is 900. The molecule has 0 radical (unpaired) electrons. The van der Waals surface area contributed by atoms with Gasteiger partial charge in [-0.2, -0.15) is 4.31 Å². The molecule has 1 atom stereocenters. The van der Waals surface area contributed by atoms with Crippen molar-refractivity contribution in [1.82, 2.24) is 4.31 Å². The predicted octanol–water partition coefficient (Wildman–Crippen LogP) is 4.35. The minimum atomic E-state index is -3.73. The normalized spacial score (nSPS) is 18.2. The molecule has 1 N–H and O–H groups in total. The highest BCUT2D eigenvalue weighted by molar-refractivity contribution is 9.10. The van der Waals surface area contributed by atoms with Gasteiger partial charge < -0.3 is 5.32 Å². The molecule has 1 heterocycles. The molecule has 144 valence electrons. The van der Waals surface area contributed by atoms with E-state index in [0.717, 1.165) is 22.2 Å². The molecule has 2 aromatic rings. The van der Waals surface area contributed by atoms with Crippen LogP contribution >= 0.6 is 27.7 Å². The van der Waals surface area contributed by atoms with Crippen molar-refractivity contribution in [2.45, 2.75) is 35.1 Å². The molecule has 0 aliphatic carbocycles. The lowest BCUT2D eigenvalue weighted by Crippen LogP contribution is -2.49. The third-order valence-electron chi connectivity index (χ3n) is 4.53. The summed E-state index contributed by atoms with van der Waals surface area (Å²) in [5, 5.41) is 2.86. The van der Waals surface area contributed by atoms with Crippen LogP contribution in [0.25, 0.3) is 0 Å². The molecule has 3 rings (SSSR count). The van der Waals surface area contributed by atoms with Gasteiger partial charge in [0.2, 0.25) is 15.9 Å². The van der Waals surface area contributed by atoms with E-state index in [1.807, 2.05) is 30.5 Å². The molecule has 1 saturated heterocycles. The molecule has 0 bridgehead atoms. The van der Waals surface area contributed by atoms with Gasteiger partial charge in [-0.1, -0.05) is 22.4 Å². The van der Waals surface area contributed by atoms with E-state index in [1.165, 1.54) is 4.31 Å². The van der Waals surface area contributed by atoms with Crippen LogP contribution in [0.3, 0.4) is 0 Å². The lowest BCUT2D eigenvalue weighted by molar-refractivity contribution is -0.120. The average Bonchev–Trinajstić information content (AvgIpc) is 2.69. The molecule has 5 nitrogen and oxygen atoms in total. The van der Waals surface area contributed by atoms with Crippen LogP contribution in [0.15, 0.2) is 62.8 Å². The summed E-state index contributed by atoms with van der Waals surface area (Å²) in [5.74, 6) is -0.285. The van der Waals surface area contributed by atoms with Crippen molar-refractivity contribution in [2.24, 2.45) is 0 Å². The number of rotatable bonds is 5. The van der Waals surface area contributed by atoms with E-state index in [4.69, 9.17) is 0 Å². The number of hydrogen-bond acceptors (Lipinski definition) is 4. The number of sulfonamides is 1. The Balaban J connectivity index is 1.81. The number of amides is 1. The molecular weight excluding hydrogens is 448 g/mol. The molecular formula is C19H21BrN2O3S2. The van der Waals surface area contributed by atoms with E-state index < -0.39 is 16.1 Å². The van der Waals surface area contributed by atoms with Gasteiger partial charge in [0.15, 0.2) is 0 Å². The fraction of sp³-hybridized carbons (Fsp3) is 0.316. The summed E-state index contributed by atoms with van der Waals surface area (Å²) in [5.41, 5.74) is 0.671. The van der Waals surface area contributed by atoms with Gasteiger partial charge in [0.05, 0.1) is 4.90 Å². The van der Waals surface area contributed by atoms with Gasteiger partial charge in [0.25, 0.3) is 0 Å². The maximum absolute atomic E-state index is 13.1. The third-order valence-corrected chi connectivity index (χ3v) is 7.73. The topological polar surface area (TPSA) is 66.5 Å². The summed E-state index contributed by atoms with van der Waals surface area (Å²) in [7, 11) is -3.73. The molecule has 27 heavy (non-hydrogen) atoms. The highest BCUT2D eigenvalue weighted by Crippen LogP contribution is 2.27. The second-order valence-electron chi connectivity index (χ2n) is 6.30. The number of benzene rings is 2. The summed E-state index contributed by atoms with van der Waals surface area (Å²) < 4.78 is 28.3. The highest BCUT2D eigenvalue weighted by atomic mass is 79.9. The molecule has 1 aliphatic rings. The lowest BCUT2D eigenvalue weighted by atomic mass is 10.0. The second-order valence-corrected chi connectivity index (χ2v) is 9.98. The molecule has 8 heteroatoms. The SMILES string of the molecule is CSc1ccc(NC(=O)C2CCCCN2S(=O)(=O)c2ccc(Br)cc2)cc1. The van der Waals surface area contributed by atoms with Crippen molar-refractivity contribution in [3.8, 4) is 0 Å².